The molecule has 126 valence electrons. The third kappa shape index (κ3) is 4.93. The first-order valence-electron chi connectivity index (χ1n) is 7.94. The number of anilines is 2. The molecule has 0 atom stereocenters. The van der Waals surface area contributed by atoms with Crippen molar-refractivity contribution in [2.75, 3.05) is 23.8 Å². The lowest BCUT2D eigenvalue weighted by Crippen LogP contribution is -2.32. The molecule has 0 saturated carbocycles. The van der Waals surface area contributed by atoms with Gasteiger partial charge >= 0.3 is 0 Å². The predicted octanol–water partition coefficient (Wildman–Crippen LogP) is 2.90. The maximum absolute atomic E-state index is 12.6. The van der Waals surface area contributed by atoms with Gasteiger partial charge < -0.3 is 15.5 Å². The Morgan fingerprint density at radius 3 is 2.42 bits per heavy atom. The average molecular weight is 325 g/mol. The monoisotopic (exact) mass is 325 g/mol. The molecule has 0 aromatic heterocycles. The largest absolute Gasteiger partial charge is 0.325 e. The van der Waals surface area contributed by atoms with Crippen molar-refractivity contribution in [2.45, 2.75) is 19.9 Å². The van der Waals surface area contributed by atoms with Crippen LogP contribution in [0.4, 0.5) is 11.4 Å². The molecule has 2 N–H and O–H groups in total. The van der Waals surface area contributed by atoms with Crippen LogP contribution in [0, 0.1) is 0 Å². The minimum atomic E-state index is -0.135. The molecule has 2 aromatic carbocycles. The van der Waals surface area contributed by atoms with E-state index >= 15 is 0 Å². The number of carbonyl (C=O) groups is 2. The number of hydrogen-bond donors (Lipinski definition) is 2. The third-order valence-corrected chi connectivity index (χ3v) is 3.51. The zero-order valence-electron chi connectivity index (χ0n) is 14.2. The Morgan fingerprint density at radius 1 is 1.04 bits per heavy atom. The van der Waals surface area contributed by atoms with E-state index in [9.17, 15) is 9.59 Å². The summed E-state index contributed by atoms with van der Waals surface area (Å²) >= 11 is 0. The van der Waals surface area contributed by atoms with E-state index in [-0.39, 0.29) is 24.4 Å². The molecule has 0 aliphatic carbocycles. The van der Waals surface area contributed by atoms with Crippen LogP contribution < -0.4 is 15.5 Å². The highest BCUT2D eigenvalue weighted by Crippen LogP contribution is 2.17. The van der Waals surface area contributed by atoms with Gasteiger partial charge in [-0.2, -0.15) is 0 Å². The molecule has 0 saturated heterocycles. The summed E-state index contributed by atoms with van der Waals surface area (Å²) in [6, 6.07) is 16.6. The lowest BCUT2D eigenvalue weighted by Gasteiger charge is -2.18. The number of amides is 2. The van der Waals surface area contributed by atoms with Gasteiger partial charge in [-0.15, -0.1) is 0 Å². The van der Waals surface area contributed by atoms with E-state index in [4.69, 9.17) is 0 Å². The van der Waals surface area contributed by atoms with Gasteiger partial charge in [0.1, 0.15) is 0 Å². The van der Waals surface area contributed by atoms with Gasteiger partial charge in [-0.25, -0.2) is 0 Å². The quantitative estimate of drug-likeness (QED) is 0.858. The molecule has 0 aliphatic rings. The van der Waals surface area contributed by atoms with Crippen LogP contribution in [-0.4, -0.2) is 31.4 Å². The fourth-order valence-corrected chi connectivity index (χ4v) is 2.19. The van der Waals surface area contributed by atoms with E-state index in [0.717, 1.165) is 5.69 Å². The van der Waals surface area contributed by atoms with Crippen molar-refractivity contribution in [1.29, 1.82) is 0 Å². The van der Waals surface area contributed by atoms with Crippen molar-refractivity contribution in [3.05, 3.63) is 60.2 Å². The maximum atomic E-state index is 12.6. The van der Waals surface area contributed by atoms with E-state index in [0.29, 0.717) is 11.3 Å². The smallest absolute Gasteiger partial charge is 0.258 e. The number of benzene rings is 2. The number of nitrogens with one attached hydrogen (secondary N) is 2. The number of rotatable bonds is 6. The molecule has 24 heavy (non-hydrogen) atoms. The van der Waals surface area contributed by atoms with Crippen molar-refractivity contribution < 1.29 is 9.59 Å². The van der Waals surface area contributed by atoms with Crippen LogP contribution in [0.5, 0.6) is 0 Å². The maximum Gasteiger partial charge on any atom is 0.258 e. The second-order valence-corrected chi connectivity index (χ2v) is 5.86. The fraction of sp³-hybridized carbons (Fsp3) is 0.263. The summed E-state index contributed by atoms with van der Waals surface area (Å²) in [6.07, 6.45) is 0. The van der Waals surface area contributed by atoms with E-state index in [1.54, 1.807) is 36.2 Å². The molecule has 0 spiro atoms. The van der Waals surface area contributed by atoms with Crippen molar-refractivity contribution in [2.24, 2.45) is 0 Å². The molecule has 2 aromatic rings. The topological polar surface area (TPSA) is 61.4 Å². The predicted molar refractivity (Wildman–Crippen MR) is 97.4 cm³/mol. The lowest BCUT2D eigenvalue weighted by molar-refractivity contribution is -0.115. The first kappa shape index (κ1) is 17.7. The minimum Gasteiger partial charge on any atom is -0.325 e. The SMILES string of the molecule is CC(C)NCC(=O)Nc1cccc(C(=O)N(C)c2ccccc2)c1. The van der Waals surface area contributed by atoms with Gasteiger partial charge in [0.15, 0.2) is 0 Å². The van der Waals surface area contributed by atoms with Crippen LogP contribution in [-0.2, 0) is 4.79 Å². The van der Waals surface area contributed by atoms with Gasteiger partial charge in [-0.3, -0.25) is 9.59 Å². The van der Waals surface area contributed by atoms with Crippen LogP contribution in [0.3, 0.4) is 0 Å². The normalized spacial score (nSPS) is 10.5. The summed E-state index contributed by atoms with van der Waals surface area (Å²) in [4.78, 5) is 26.1. The van der Waals surface area contributed by atoms with Gasteiger partial charge in [0, 0.05) is 30.0 Å². The van der Waals surface area contributed by atoms with Gasteiger partial charge in [0.25, 0.3) is 5.91 Å². The summed E-state index contributed by atoms with van der Waals surface area (Å²) in [5.41, 5.74) is 1.95. The molecule has 0 bridgehead atoms. The Labute approximate surface area is 142 Å². The average Bonchev–Trinajstić information content (AvgIpc) is 2.59. The number of hydrogen-bond acceptors (Lipinski definition) is 3. The van der Waals surface area contributed by atoms with Crippen molar-refractivity contribution >= 4 is 23.2 Å². The first-order chi connectivity index (χ1) is 11.5. The summed E-state index contributed by atoms with van der Waals surface area (Å²) in [5, 5.41) is 5.85. The molecule has 0 unspecified atom stereocenters. The molecule has 0 radical (unpaired) electrons. The highest BCUT2D eigenvalue weighted by atomic mass is 16.2. The van der Waals surface area contributed by atoms with Crippen LogP contribution >= 0.6 is 0 Å². The van der Waals surface area contributed by atoms with E-state index < -0.39 is 0 Å². The lowest BCUT2D eigenvalue weighted by atomic mass is 10.1. The number of nitrogens with zero attached hydrogens (tertiary/aromatic N) is 1. The van der Waals surface area contributed by atoms with Crippen molar-refractivity contribution in [3.63, 3.8) is 0 Å². The second-order valence-electron chi connectivity index (χ2n) is 5.86. The summed E-state index contributed by atoms with van der Waals surface area (Å²) < 4.78 is 0. The molecule has 5 heteroatoms. The second kappa shape index (κ2) is 8.26. The van der Waals surface area contributed by atoms with Gasteiger partial charge in [-0.1, -0.05) is 38.1 Å². The zero-order valence-corrected chi connectivity index (χ0v) is 14.2. The molecule has 0 heterocycles. The van der Waals surface area contributed by atoms with Crippen LogP contribution in [0.1, 0.15) is 24.2 Å². The zero-order chi connectivity index (χ0) is 17.5. The molecule has 0 aliphatic heterocycles. The van der Waals surface area contributed by atoms with E-state index in [1.807, 2.05) is 44.2 Å². The highest BCUT2D eigenvalue weighted by Gasteiger charge is 2.14. The number of carbonyl (C=O) groups excluding carboxylic acids is 2. The van der Waals surface area contributed by atoms with E-state index in [1.165, 1.54) is 0 Å². The molecule has 2 rings (SSSR count). The van der Waals surface area contributed by atoms with Crippen LogP contribution in [0.25, 0.3) is 0 Å². The van der Waals surface area contributed by atoms with Gasteiger partial charge in [-0.05, 0) is 30.3 Å². The van der Waals surface area contributed by atoms with Crippen molar-refractivity contribution in [3.8, 4) is 0 Å². The molecular formula is C19H23N3O2. The fourth-order valence-electron chi connectivity index (χ4n) is 2.19. The Morgan fingerprint density at radius 2 is 1.75 bits per heavy atom. The minimum absolute atomic E-state index is 0.127. The van der Waals surface area contributed by atoms with Crippen LogP contribution in [0.15, 0.2) is 54.6 Å². The van der Waals surface area contributed by atoms with E-state index in [2.05, 4.69) is 10.6 Å². The Bertz CT molecular complexity index is 699. The third-order valence-electron chi connectivity index (χ3n) is 3.51. The number of para-hydroxylation sites is 1. The van der Waals surface area contributed by atoms with Gasteiger partial charge in [0.2, 0.25) is 5.91 Å². The summed E-state index contributed by atoms with van der Waals surface area (Å²) in [5.74, 6) is -0.262. The molecular weight excluding hydrogens is 302 g/mol. The Balaban J connectivity index is 2.06. The highest BCUT2D eigenvalue weighted by molar-refractivity contribution is 6.06. The first-order valence-corrected chi connectivity index (χ1v) is 7.94. The van der Waals surface area contributed by atoms with Gasteiger partial charge in [0.05, 0.1) is 6.54 Å². The summed E-state index contributed by atoms with van der Waals surface area (Å²) in [6.45, 7) is 4.19. The molecule has 2 amide bonds. The Hall–Kier alpha value is -2.66. The Kier molecular flexibility index (Phi) is 6.09. The molecule has 5 nitrogen and oxygen atoms in total. The van der Waals surface area contributed by atoms with Crippen LogP contribution in [0.2, 0.25) is 0 Å². The standard InChI is InChI=1S/C19H23N3O2/c1-14(2)20-13-18(23)21-16-9-7-8-15(12-16)19(24)22(3)17-10-5-4-6-11-17/h4-12,14,20H,13H2,1-3H3,(H,21,23). The molecule has 0 fully saturated rings. The van der Waals surface area contributed by atoms with Crippen molar-refractivity contribution in [1.82, 2.24) is 5.32 Å². The summed E-state index contributed by atoms with van der Waals surface area (Å²) in [7, 11) is 1.73.